The van der Waals surface area contributed by atoms with Gasteiger partial charge in [-0.3, -0.25) is 0 Å². The molecule has 10 heteroatoms. The number of rotatable bonds is 5. The summed E-state index contributed by atoms with van der Waals surface area (Å²) in [7, 11) is -4.14. The number of hydrogen-bond donors (Lipinski definition) is 1. The standard InChI is InChI=1S/C13H12ClF3N2O2S2/c1-8-19-10(7-22-8)4-5-18-23(20,21)12-6-9(13(15,16)17)2-3-11(12)14/h2-3,6-7,18H,4-5H2,1H3. The second-order valence-electron chi connectivity index (χ2n) is 4.65. The first-order valence-corrected chi connectivity index (χ1v) is 9.11. The summed E-state index contributed by atoms with van der Waals surface area (Å²) in [6.07, 6.45) is -4.31. The topological polar surface area (TPSA) is 59.1 Å². The van der Waals surface area contributed by atoms with Gasteiger partial charge in [-0.05, 0) is 25.1 Å². The molecular weight excluding hydrogens is 373 g/mol. The van der Waals surface area contributed by atoms with Crippen LogP contribution in [0.3, 0.4) is 0 Å². The molecule has 0 unspecified atom stereocenters. The highest BCUT2D eigenvalue weighted by molar-refractivity contribution is 7.89. The van der Waals surface area contributed by atoms with Crippen molar-refractivity contribution < 1.29 is 21.6 Å². The molecule has 1 heterocycles. The SMILES string of the molecule is Cc1nc(CCNS(=O)(=O)c2cc(C(F)(F)F)ccc2Cl)cs1. The van der Waals surface area contributed by atoms with E-state index in [0.29, 0.717) is 18.2 Å². The lowest BCUT2D eigenvalue weighted by Crippen LogP contribution is -2.26. The maximum Gasteiger partial charge on any atom is 0.416 e. The minimum Gasteiger partial charge on any atom is -0.247 e. The van der Waals surface area contributed by atoms with Gasteiger partial charge in [0.1, 0.15) is 4.90 Å². The van der Waals surface area contributed by atoms with E-state index in [1.165, 1.54) is 11.3 Å². The summed E-state index contributed by atoms with van der Waals surface area (Å²) in [5, 5.41) is 2.37. The number of thiazole rings is 1. The number of halogens is 4. The molecule has 0 spiro atoms. The van der Waals surface area contributed by atoms with Gasteiger partial charge in [-0.15, -0.1) is 11.3 Å². The molecule has 126 valence electrons. The van der Waals surface area contributed by atoms with Crippen molar-refractivity contribution in [2.45, 2.75) is 24.4 Å². The van der Waals surface area contributed by atoms with Crippen LogP contribution in [0.2, 0.25) is 5.02 Å². The first-order valence-electron chi connectivity index (χ1n) is 6.37. The molecule has 0 bridgehead atoms. The van der Waals surface area contributed by atoms with Crippen LogP contribution in [0.25, 0.3) is 0 Å². The summed E-state index contributed by atoms with van der Waals surface area (Å²) in [5.74, 6) is 0. The Labute approximate surface area is 140 Å². The Morgan fingerprint density at radius 1 is 1.35 bits per heavy atom. The van der Waals surface area contributed by atoms with Gasteiger partial charge in [-0.1, -0.05) is 11.6 Å². The Bertz CT molecular complexity index is 804. The van der Waals surface area contributed by atoms with Crippen LogP contribution in [0, 0.1) is 6.92 Å². The van der Waals surface area contributed by atoms with Gasteiger partial charge < -0.3 is 0 Å². The molecule has 0 amide bonds. The molecule has 2 aromatic rings. The molecule has 4 nitrogen and oxygen atoms in total. The van der Waals surface area contributed by atoms with Gasteiger partial charge in [-0.2, -0.15) is 13.2 Å². The van der Waals surface area contributed by atoms with Crippen LogP contribution in [0.4, 0.5) is 13.2 Å². The fourth-order valence-corrected chi connectivity index (χ4v) is 4.00. The molecule has 0 atom stereocenters. The lowest BCUT2D eigenvalue weighted by Gasteiger charge is -2.11. The van der Waals surface area contributed by atoms with E-state index in [9.17, 15) is 21.6 Å². The minimum absolute atomic E-state index is 0.0120. The second kappa shape index (κ2) is 6.76. The molecule has 0 aliphatic rings. The largest absolute Gasteiger partial charge is 0.416 e. The van der Waals surface area contributed by atoms with Gasteiger partial charge in [0, 0.05) is 18.3 Å². The summed E-state index contributed by atoms with van der Waals surface area (Å²) in [4.78, 5) is 3.58. The molecule has 0 aliphatic carbocycles. The summed E-state index contributed by atoms with van der Waals surface area (Å²) in [6.45, 7) is 1.83. The zero-order valence-electron chi connectivity index (χ0n) is 11.8. The molecule has 0 radical (unpaired) electrons. The minimum atomic E-state index is -4.65. The van der Waals surface area contributed by atoms with Crippen molar-refractivity contribution in [3.05, 3.63) is 44.9 Å². The number of nitrogens with zero attached hydrogens (tertiary/aromatic N) is 1. The van der Waals surface area contributed by atoms with E-state index in [4.69, 9.17) is 11.6 Å². The smallest absolute Gasteiger partial charge is 0.247 e. The van der Waals surface area contributed by atoms with Crippen molar-refractivity contribution >= 4 is 33.0 Å². The van der Waals surface area contributed by atoms with Gasteiger partial charge in [0.05, 0.1) is 21.3 Å². The van der Waals surface area contributed by atoms with Crippen molar-refractivity contribution in [3.8, 4) is 0 Å². The van der Waals surface area contributed by atoms with Crippen LogP contribution < -0.4 is 4.72 Å². The van der Waals surface area contributed by atoms with E-state index in [1.807, 2.05) is 6.92 Å². The van der Waals surface area contributed by atoms with Crippen LogP contribution in [0.1, 0.15) is 16.3 Å². The highest BCUT2D eigenvalue weighted by Crippen LogP contribution is 2.33. The summed E-state index contributed by atoms with van der Waals surface area (Å²) >= 11 is 7.16. The normalized spacial score (nSPS) is 12.6. The van der Waals surface area contributed by atoms with E-state index >= 15 is 0 Å². The lowest BCUT2D eigenvalue weighted by molar-refractivity contribution is -0.137. The predicted octanol–water partition coefficient (Wildman–Crippen LogP) is 3.64. The quantitative estimate of drug-likeness (QED) is 0.856. The molecule has 0 fully saturated rings. The van der Waals surface area contributed by atoms with Crippen molar-refractivity contribution in [3.63, 3.8) is 0 Å². The fraction of sp³-hybridized carbons (Fsp3) is 0.308. The van der Waals surface area contributed by atoms with Crippen molar-refractivity contribution in [1.29, 1.82) is 0 Å². The summed E-state index contributed by atoms with van der Waals surface area (Å²) in [6, 6.07) is 2.18. The molecule has 1 aromatic carbocycles. The van der Waals surface area contributed by atoms with Gasteiger partial charge in [0.25, 0.3) is 0 Å². The Hall–Kier alpha value is -1.16. The number of sulfonamides is 1. The van der Waals surface area contributed by atoms with Crippen molar-refractivity contribution in [2.75, 3.05) is 6.54 Å². The number of alkyl halides is 3. The fourth-order valence-electron chi connectivity index (χ4n) is 1.80. The second-order valence-corrected chi connectivity index (χ2v) is 7.85. The Morgan fingerprint density at radius 2 is 2.04 bits per heavy atom. The van der Waals surface area contributed by atoms with Gasteiger partial charge in [-0.25, -0.2) is 18.1 Å². The maximum atomic E-state index is 12.7. The van der Waals surface area contributed by atoms with Crippen LogP contribution in [-0.4, -0.2) is 19.9 Å². The monoisotopic (exact) mass is 384 g/mol. The molecule has 2 rings (SSSR count). The third-order valence-electron chi connectivity index (χ3n) is 2.89. The number of benzene rings is 1. The molecule has 0 aliphatic heterocycles. The van der Waals surface area contributed by atoms with Crippen LogP contribution in [-0.2, 0) is 22.6 Å². The van der Waals surface area contributed by atoms with E-state index in [-0.39, 0.29) is 11.6 Å². The number of hydrogen-bond acceptors (Lipinski definition) is 4. The zero-order chi connectivity index (χ0) is 17.3. The van der Waals surface area contributed by atoms with Gasteiger partial charge >= 0.3 is 6.18 Å². The van der Waals surface area contributed by atoms with E-state index in [2.05, 4.69) is 9.71 Å². The first-order chi connectivity index (χ1) is 10.6. The third-order valence-corrected chi connectivity index (χ3v) is 5.65. The highest BCUT2D eigenvalue weighted by Gasteiger charge is 2.32. The summed E-state index contributed by atoms with van der Waals surface area (Å²) < 4.78 is 64.6. The zero-order valence-corrected chi connectivity index (χ0v) is 14.2. The van der Waals surface area contributed by atoms with E-state index in [1.54, 1.807) is 5.38 Å². The third kappa shape index (κ3) is 4.66. The van der Waals surface area contributed by atoms with Gasteiger partial charge in [0.15, 0.2) is 0 Å². The molecule has 0 saturated heterocycles. The average Bonchev–Trinajstić information content (AvgIpc) is 2.83. The molecule has 1 aromatic heterocycles. The predicted molar refractivity (Wildman–Crippen MR) is 82.2 cm³/mol. The Kier molecular flexibility index (Phi) is 5.34. The molecular formula is C13H12ClF3N2O2S2. The number of aryl methyl sites for hydroxylation is 1. The van der Waals surface area contributed by atoms with Crippen LogP contribution >= 0.6 is 22.9 Å². The molecule has 1 N–H and O–H groups in total. The molecule has 23 heavy (non-hydrogen) atoms. The highest BCUT2D eigenvalue weighted by atomic mass is 35.5. The van der Waals surface area contributed by atoms with Crippen molar-refractivity contribution in [1.82, 2.24) is 9.71 Å². The van der Waals surface area contributed by atoms with E-state index < -0.39 is 26.7 Å². The van der Waals surface area contributed by atoms with E-state index in [0.717, 1.165) is 17.1 Å². The number of nitrogens with one attached hydrogen (secondary N) is 1. The van der Waals surface area contributed by atoms with Crippen molar-refractivity contribution in [2.24, 2.45) is 0 Å². The van der Waals surface area contributed by atoms with Gasteiger partial charge in [0.2, 0.25) is 10.0 Å². The average molecular weight is 385 g/mol. The number of aromatic nitrogens is 1. The summed E-state index contributed by atoms with van der Waals surface area (Å²) in [5.41, 5.74) is -0.359. The Balaban J connectivity index is 2.15. The molecule has 0 saturated carbocycles. The Morgan fingerprint density at radius 3 is 2.61 bits per heavy atom. The van der Waals surface area contributed by atoms with Crippen LogP contribution in [0.15, 0.2) is 28.5 Å². The van der Waals surface area contributed by atoms with Crippen LogP contribution in [0.5, 0.6) is 0 Å². The maximum absolute atomic E-state index is 12.7. The lowest BCUT2D eigenvalue weighted by atomic mass is 10.2. The first kappa shape index (κ1) is 18.2.